The zero-order chi connectivity index (χ0) is 12.1. The Hall–Kier alpha value is -1.11. The third kappa shape index (κ3) is 4.18. The molecule has 0 aromatic heterocycles. The fraction of sp³-hybridized carbons (Fsp3) is 0.533. The van der Waals surface area contributed by atoms with Gasteiger partial charge >= 0.3 is 0 Å². The molecule has 0 N–H and O–H groups in total. The van der Waals surface area contributed by atoms with Gasteiger partial charge in [-0.15, -0.1) is 0 Å². The smallest absolute Gasteiger partial charge is 0.0477 e. The van der Waals surface area contributed by atoms with Crippen molar-refractivity contribution in [3.05, 3.63) is 35.4 Å². The lowest BCUT2D eigenvalue weighted by atomic mass is 10.0. The minimum absolute atomic E-state index is 0.418. The Balaban J connectivity index is 2.73. The summed E-state index contributed by atoms with van der Waals surface area (Å²) in [4.78, 5) is 4.73. The molecule has 1 aromatic carbocycles. The predicted molar refractivity (Wildman–Crippen MR) is 72.3 cm³/mol. The lowest BCUT2D eigenvalue weighted by Crippen LogP contribution is -2.07. The van der Waals surface area contributed by atoms with Crippen molar-refractivity contribution < 1.29 is 0 Å². The number of benzene rings is 1. The average Bonchev–Trinajstić information content (AvgIpc) is 2.16. The van der Waals surface area contributed by atoms with Gasteiger partial charge in [0.1, 0.15) is 0 Å². The van der Waals surface area contributed by atoms with Crippen LogP contribution in [0.3, 0.4) is 0 Å². The lowest BCUT2D eigenvalue weighted by molar-refractivity contribution is 0.522. The molecule has 0 saturated heterocycles. The minimum atomic E-state index is 0.418. The number of nitrogens with zero attached hydrogens (tertiary/aromatic N) is 1. The molecule has 0 aliphatic rings. The number of hydrogen-bond donors (Lipinski definition) is 0. The van der Waals surface area contributed by atoms with E-state index in [4.69, 9.17) is 4.99 Å². The van der Waals surface area contributed by atoms with E-state index in [2.05, 4.69) is 58.9 Å². The molecule has 88 valence electrons. The highest BCUT2D eigenvalue weighted by Crippen LogP contribution is 2.10. The number of hydrogen-bond acceptors (Lipinski definition) is 1. The first-order valence-electron chi connectivity index (χ1n) is 6.10. The van der Waals surface area contributed by atoms with Crippen molar-refractivity contribution in [3.8, 4) is 0 Å². The number of aryl methyl sites for hydroxylation is 1. The van der Waals surface area contributed by atoms with Gasteiger partial charge in [-0.1, -0.05) is 43.7 Å². The van der Waals surface area contributed by atoms with Crippen molar-refractivity contribution in [2.75, 3.05) is 0 Å². The zero-order valence-corrected chi connectivity index (χ0v) is 11.1. The summed E-state index contributed by atoms with van der Waals surface area (Å²) >= 11 is 0. The highest BCUT2D eigenvalue weighted by molar-refractivity contribution is 5.98. The average molecular weight is 217 g/mol. The summed E-state index contributed by atoms with van der Waals surface area (Å²) < 4.78 is 0. The van der Waals surface area contributed by atoms with Crippen LogP contribution < -0.4 is 0 Å². The molecule has 0 amide bonds. The lowest BCUT2D eigenvalue weighted by Gasteiger charge is -2.11. The van der Waals surface area contributed by atoms with Gasteiger partial charge in [0.2, 0.25) is 0 Å². The summed E-state index contributed by atoms with van der Waals surface area (Å²) in [5.41, 5.74) is 3.68. The summed E-state index contributed by atoms with van der Waals surface area (Å²) in [6, 6.07) is 9.00. The minimum Gasteiger partial charge on any atom is -0.286 e. The highest BCUT2D eigenvalue weighted by atomic mass is 14.8. The highest BCUT2D eigenvalue weighted by Gasteiger charge is 2.04. The van der Waals surface area contributed by atoms with Crippen LogP contribution in [-0.4, -0.2) is 11.8 Å². The third-order valence-electron chi connectivity index (χ3n) is 2.70. The Labute approximate surface area is 99.6 Å². The van der Waals surface area contributed by atoms with Crippen molar-refractivity contribution in [1.82, 2.24) is 0 Å². The third-order valence-corrected chi connectivity index (χ3v) is 2.70. The van der Waals surface area contributed by atoms with E-state index in [0.717, 1.165) is 12.1 Å². The van der Waals surface area contributed by atoms with E-state index < -0.39 is 0 Å². The van der Waals surface area contributed by atoms with Crippen LogP contribution in [0.4, 0.5) is 0 Å². The van der Waals surface area contributed by atoms with E-state index in [-0.39, 0.29) is 0 Å². The van der Waals surface area contributed by atoms with E-state index in [0.29, 0.717) is 12.0 Å². The molecule has 1 aromatic rings. The van der Waals surface area contributed by atoms with Crippen molar-refractivity contribution in [2.45, 2.75) is 47.1 Å². The predicted octanol–water partition coefficient (Wildman–Crippen LogP) is 4.24. The van der Waals surface area contributed by atoms with Crippen LogP contribution in [-0.2, 0) is 0 Å². The van der Waals surface area contributed by atoms with Crippen LogP contribution in [0.2, 0.25) is 0 Å². The standard InChI is InChI=1S/C15H23N/c1-11(2)10-13(4)16-14(5)15-8-6-12(3)7-9-15/h6-9,11,13H,10H2,1-5H3/t13-/m0/s1. The molecular weight excluding hydrogens is 194 g/mol. The second-order valence-electron chi connectivity index (χ2n) is 5.06. The van der Waals surface area contributed by atoms with E-state index in [1.54, 1.807) is 0 Å². The first kappa shape index (κ1) is 13.0. The van der Waals surface area contributed by atoms with Crippen LogP contribution in [0.1, 0.15) is 45.2 Å². The summed E-state index contributed by atoms with van der Waals surface area (Å²) in [6.45, 7) is 10.9. The molecule has 0 spiro atoms. The van der Waals surface area contributed by atoms with Crippen LogP contribution >= 0.6 is 0 Å². The molecule has 0 aliphatic carbocycles. The normalized spacial score (nSPS) is 14.2. The second-order valence-corrected chi connectivity index (χ2v) is 5.06. The first-order valence-corrected chi connectivity index (χ1v) is 6.10. The summed E-state index contributed by atoms with van der Waals surface area (Å²) in [7, 11) is 0. The molecule has 1 atom stereocenters. The molecule has 0 aliphatic heterocycles. The molecule has 0 bridgehead atoms. The Morgan fingerprint density at radius 3 is 2.19 bits per heavy atom. The fourth-order valence-corrected chi connectivity index (χ4v) is 1.93. The van der Waals surface area contributed by atoms with Gasteiger partial charge in [0, 0.05) is 11.8 Å². The molecule has 0 radical (unpaired) electrons. The van der Waals surface area contributed by atoms with Gasteiger partial charge in [0.15, 0.2) is 0 Å². The quantitative estimate of drug-likeness (QED) is 0.669. The SMILES string of the molecule is CC(=N[C@@H](C)CC(C)C)c1ccc(C)cc1. The Morgan fingerprint density at radius 2 is 1.69 bits per heavy atom. The summed E-state index contributed by atoms with van der Waals surface area (Å²) in [5.74, 6) is 0.713. The Kier molecular flexibility index (Phi) is 4.72. The molecule has 1 rings (SSSR count). The molecule has 0 fully saturated rings. The van der Waals surface area contributed by atoms with E-state index in [1.807, 2.05) is 0 Å². The van der Waals surface area contributed by atoms with Crippen molar-refractivity contribution in [2.24, 2.45) is 10.9 Å². The molecule has 1 heteroatoms. The van der Waals surface area contributed by atoms with E-state index >= 15 is 0 Å². The molecule has 0 saturated carbocycles. The monoisotopic (exact) mass is 217 g/mol. The van der Waals surface area contributed by atoms with Crippen molar-refractivity contribution in [1.29, 1.82) is 0 Å². The van der Waals surface area contributed by atoms with Gasteiger partial charge in [-0.05, 0) is 38.7 Å². The van der Waals surface area contributed by atoms with Gasteiger partial charge in [-0.3, -0.25) is 4.99 Å². The van der Waals surface area contributed by atoms with Gasteiger partial charge in [0.25, 0.3) is 0 Å². The Bertz CT molecular complexity index is 346. The molecular formula is C15H23N. The van der Waals surface area contributed by atoms with Crippen LogP contribution in [0.15, 0.2) is 29.3 Å². The largest absolute Gasteiger partial charge is 0.286 e. The maximum Gasteiger partial charge on any atom is 0.0477 e. The Morgan fingerprint density at radius 1 is 1.12 bits per heavy atom. The van der Waals surface area contributed by atoms with E-state index in [9.17, 15) is 0 Å². The zero-order valence-electron chi connectivity index (χ0n) is 11.1. The van der Waals surface area contributed by atoms with Gasteiger partial charge < -0.3 is 0 Å². The van der Waals surface area contributed by atoms with Crippen LogP contribution in [0.5, 0.6) is 0 Å². The van der Waals surface area contributed by atoms with Crippen LogP contribution in [0, 0.1) is 12.8 Å². The van der Waals surface area contributed by atoms with Gasteiger partial charge in [0.05, 0.1) is 0 Å². The van der Waals surface area contributed by atoms with Crippen molar-refractivity contribution in [3.63, 3.8) is 0 Å². The molecule has 16 heavy (non-hydrogen) atoms. The number of rotatable bonds is 4. The van der Waals surface area contributed by atoms with Crippen molar-refractivity contribution >= 4 is 5.71 Å². The van der Waals surface area contributed by atoms with Crippen LogP contribution in [0.25, 0.3) is 0 Å². The summed E-state index contributed by atoms with van der Waals surface area (Å²) in [5, 5.41) is 0. The second kappa shape index (κ2) is 5.83. The van der Waals surface area contributed by atoms with E-state index in [1.165, 1.54) is 11.1 Å². The first-order chi connectivity index (χ1) is 7.49. The molecule has 1 nitrogen and oxygen atoms in total. The topological polar surface area (TPSA) is 12.4 Å². The maximum absolute atomic E-state index is 4.73. The molecule has 0 heterocycles. The number of aliphatic imine (C=N–C) groups is 1. The fourth-order valence-electron chi connectivity index (χ4n) is 1.93. The maximum atomic E-state index is 4.73. The van der Waals surface area contributed by atoms with Gasteiger partial charge in [-0.2, -0.15) is 0 Å². The summed E-state index contributed by atoms with van der Waals surface area (Å²) in [6.07, 6.45) is 1.16. The van der Waals surface area contributed by atoms with Gasteiger partial charge in [-0.25, -0.2) is 0 Å². The molecule has 0 unspecified atom stereocenters.